The van der Waals surface area contributed by atoms with Crippen LogP contribution in [0.5, 0.6) is 17.2 Å². The monoisotopic (exact) mass is 452 g/mol. The number of hydrogen-bond acceptors (Lipinski definition) is 6. The molecule has 0 atom stereocenters. The van der Waals surface area contributed by atoms with E-state index < -0.39 is 17.6 Å². The summed E-state index contributed by atoms with van der Waals surface area (Å²) < 4.78 is 54.4. The summed E-state index contributed by atoms with van der Waals surface area (Å²) in [5.74, 6) is 0.583. The van der Waals surface area contributed by atoms with Crippen molar-refractivity contribution in [1.29, 1.82) is 0 Å². The summed E-state index contributed by atoms with van der Waals surface area (Å²) in [5, 5.41) is 2.98. The largest absolute Gasteiger partial charge is 0.496 e. The highest BCUT2D eigenvalue weighted by atomic mass is 32.1. The van der Waals surface area contributed by atoms with Gasteiger partial charge in [0.1, 0.15) is 5.75 Å². The lowest BCUT2D eigenvalue weighted by molar-refractivity contribution is -0.137. The predicted molar refractivity (Wildman–Crippen MR) is 110 cm³/mol. The van der Waals surface area contributed by atoms with Crippen molar-refractivity contribution in [2.24, 2.45) is 0 Å². The molecule has 1 N–H and O–H groups in total. The van der Waals surface area contributed by atoms with Crippen LogP contribution in [0.2, 0.25) is 0 Å². The molecule has 6 nitrogen and oxygen atoms in total. The Bertz CT molecular complexity index is 1080. The molecule has 3 aromatic rings. The minimum Gasteiger partial charge on any atom is -0.496 e. The third-order valence-electron chi connectivity index (χ3n) is 4.36. The molecule has 31 heavy (non-hydrogen) atoms. The number of halogens is 3. The second-order valence-electron chi connectivity index (χ2n) is 6.37. The Morgan fingerprint density at radius 3 is 2.35 bits per heavy atom. The lowest BCUT2D eigenvalue weighted by Gasteiger charge is -2.13. The Balaban J connectivity index is 1.76. The summed E-state index contributed by atoms with van der Waals surface area (Å²) in [6, 6.07) is 8.14. The number of benzene rings is 2. The van der Waals surface area contributed by atoms with Crippen LogP contribution in [0, 0.1) is 0 Å². The van der Waals surface area contributed by atoms with Gasteiger partial charge in [0.05, 0.1) is 32.5 Å². The zero-order chi connectivity index (χ0) is 22.6. The van der Waals surface area contributed by atoms with E-state index >= 15 is 0 Å². The lowest BCUT2D eigenvalue weighted by atomic mass is 10.1. The molecule has 10 heteroatoms. The van der Waals surface area contributed by atoms with Gasteiger partial charge >= 0.3 is 6.18 Å². The van der Waals surface area contributed by atoms with Crippen LogP contribution in [-0.2, 0) is 12.6 Å². The van der Waals surface area contributed by atoms with E-state index in [9.17, 15) is 18.0 Å². The van der Waals surface area contributed by atoms with Gasteiger partial charge in [-0.15, -0.1) is 11.3 Å². The van der Waals surface area contributed by atoms with Crippen molar-refractivity contribution in [3.8, 4) is 17.2 Å². The first-order valence-corrected chi connectivity index (χ1v) is 9.79. The lowest BCUT2D eigenvalue weighted by Crippen LogP contribution is -2.13. The number of carbonyl (C=O) groups excluding carboxylic acids is 1. The SMILES string of the molecule is COc1cc(OC)c(C(=O)Nc2ncc(Cc3cccc(C(F)(F)F)c3)s2)cc1OC. The fourth-order valence-corrected chi connectivity index (χ4v) is 3.72. The predicted octanol–water partition coefficient (Wildman–Crippen LogP) is 5.03. The molecular weight excluding hydrogens is 433 g/mol. The number of nitrogens with zero attached hydrogens (tertiary/aromatic N) is 1. The fourth-order valence-electron chi connectivity index (χ4n) is 2.88. The number of ether oxygens (including phenoxy) is 3. The van der Waals surface area contributed by atoms with Crippen molar-refractivity contribution in [3.05, 3.63) is 64.2 Å². The Morgan fingerprint density at radius 2 is 1.71 bits per heavy atom. The van der Waals surface area contributed by atoms with Gasteiger partial charge in [0.25, 0.3) is 5.91 Å². The van der Waals surface area contributed by atoms with Crippen molar-refractivity contribution in [2.45, 2.75) is 12.6 Å². The quantitative estimate of drug-likeness (QED) is 0.545. The summed E-state index contributed by atoms with van der Waals surface area (Å²) in [7, 11) is 4.35. The van der Waals surface area contributed by atoms with Gasteiger partial charge in [0, 0.05) is 29.6 Å². The van der Waals surface area contributed by atoms with Gasteiger partial charge in [-0.1, -0.05) is 18.2 Å². The van der Waals surface area contributed by atoms with Gasteiger partial charge in [0.15, 0.2) is 16.6 Å². The zero-order valence-corrected chi connectivity index (χ0v) is 17.7. The van der Waals surface area contributed by atoms with Crippen molar-refractivity contribution in [1.82, 2.24) is 4.98 Å². The molecule has 164 valence electrons. The molecule has 0 aliphatic heterocycles. The van der Waals surface area contributed by atoms with Crippen molar-refractivity contribution in [2.75, 3.05) is 26.6 Å². The van der Waals surface area contributed by atoms with Crippen LogP contribution in [0.15, 0.2) is 42.6 Å². The van der Waals surface area contributed by atoms with E-state index in [2.05, 4.69) is 10.3 Å². The minimum atomic E-state index is -4.40. The van der Waals surface area contributed by atoms with E-state index in [0.717, 1.165) is 12.1 Å². The second-order valence-corrected chi connectivity index (χ2v) is 7.48. The average molecular weight is 452 g/mol. The maximum Gasteiger partial charge on any atom is 0.416 e. The normalized spacial score (nSPS) is 11.2. The number of methoxy groups -OCH3 is 3. The molecule has 0 saturated heterocycles. The summed E-state index contributed by atoms with van der Waals surface area (Å²) in [4.78, 5) is 17.6. The van der Waals surface area contributed by atoms with Gasteiger partial charge in [0.2, 0.25) is 0 Å². The number of nitrogens with one attached hydrogen (secondary N) is 1. The van der Waals surface area contributed by atoms with E-state index in [4.69, 9.17) is 14.2 Å². The Morgan fingerprint density at radius 1 is 1.03 bits per heavy atom. The van der Waals surface area contributed by atoms with Crippen molar-refractivity contribution >= 4 is 22.4 Å². The number of amides is 1. The molecule has 3 rings (SSSR count). The van der Waals surface area contributed by atoms with Crippen molar-refractivity contribution < 1.29 is 32.2 Å². The van der Waals surface area contributed by atoms with E-state index in [0.29, 0.717) is 27.1 Å². The first-order valence-electron chi connectivity index (χ1n) is 8.97. The number of aromatic nitrogens is 1. The Hall–Kier alpha value is -3.27. The number of thiazole rings is 1. The highest BCUT2D eigenvalue weighted by Crippen LogP contribution is 2.35. The molecular formula is C21H19F3N2O4S. The molecule has 0 aliphatic carbocycles. The molecule has 2 aromatic carbocycles. The highest BCUT2D eigenvalue weighted by Gasteiger charge is 2.30. The molecule has 1 aromatic heterocycles. The van der Waals surface area contributed by atoms with Crippen LogP contribution in [0.25, 0.3) is 0 Å². The van der Waals surface area contributed by atoms with E-state index in [1.807, 2.05) is 0 Å². The minimum absolute atomic E-state index is 0.217. The fraction of sp³-hybridized carbons (Fsp3) is 0.238. The van der Waals surface area contributed by atoms with Gasteiger partial charge < -0.3 is 14.2 Å². The molecule has 0 bridgehead atoms. The summed E-state index contributed by atoms with van der Waals surface area (Å²) in [5.41, 5.74) is 0.0104. The molecule has 0 radical (unpaired) electrons. The topological polar surface area (TPSA) is 69.7 Å². The van der Waals surface area contributed by atoms with Crippen LogP contribution in [0.1, 0.15) is 26.4 Å². The van der Waals surface area contributed by atoms with E-state index in [1.54, 1.807) is 6.07 Å². The molecule has 1 amide bonds. The number of carbonyl (C=O) groups is 1. The van der Waals surface area contributed by atoms with Gasteiger partial charge in [-0.05, 0) is 11.6 Å². The van der Waals surface area contributed by atoms with Crippen LogP contribution in [0.3, 0.4) is 0 Å². The van der Waals surface area contributed by atoms with Gasteiger partial charge in [-0.2, -0.15) is 13.2 Å². The molecule has 0 saturated carbocycles. The van der Waals surface area contributed by atoms with Gasteiger partial charge in [-0.25, -0.2) is 4.98 Å². The molecule has 0 aliphatic rings. The van der Waals surface area contributed by atoms with Crippen molar-refractivity contribution in [3.63, 3.8) is 0 Å². The number of alkyl halides is 3. The number of rotatable bonds is 7. The van der Waals surface area contributed by atoms with Crippen LogP contribution in [-0.4, -0.2) is 32.2 Å². The molecule has 1 heterocycles. The summed E-state index contributed by atoms with van der Waals surface area (Å²) in [6.45, 7) is 0. The first kappa shape index (κ1) is 22.4. The third-order valence-corrected chi connectivity index (χ3v) is 5.27. The van der Waals surface area contributed by atoms with E-state index in [-0.39, 0.29) is 17.7 Å². The smallest absolute Gasteiger partial charge is 0.416 e. The highest BCUT2D eigenvalue weighted by molar-refractivity contribution is 7.15. The van der Waals surface area contributed by atoms with E-state index in [1.165, 1.54) is 57.1 Å². The third kappa shape index (κ3) is 5.26. The maximum atomic E-state index is 12.9. The Kier molecular flexibility index (Phi) is 6.69. The number of hydrogen-bond donors (Lipinski definition) is 1. The van der Waals surface area contributed by atoms with Crippen LogP contribution < -0.4 is 19.5 Å². The zero-order valence-electron chi connectivity index (χ0n) is 16.9. The molecule has 0 spiro atoms. The molecule has 0 unspecified atom stereocenters. The van der Waals surface area contributed by atoms with Gasteiger partial charge in [-0.3, -0.25) is 10.1 Å². The molecule has 0 fully saturated rings. The average Bonchev–Trinajstić information content (AvgIpc) is 3.18. The second kappa shape index (κ2) is 9.25. The number of anilines is 1. The maximum absolute atomic E-state index is 12.9. The standard InChI is InChI=1S/C21H19F3N2O4S/c1-28-16-10-18(30-3)17(29-2)9-15(16)19(27)26-20-25-11-14(31-20)8-12-5-4-6-13(7-12)21(22,23)24/h4-7,9-11H,8H2,1-3H3,(H,25,26,27). The first-order chi connectivity index (χ1) is 14.7. The Labute approximate surface area is 180 Å². The van der Waals surface area contributed by atoms with Crippen LogP contribution in [0.4, 0.5) is 18.3 Å². The summed E-state index contributed by atoms with van der Waals surface area (Å²) in [6.07, 6.45) is -2.62. The summed E-state index contributed by atoms with van der Waals surface area (Å²) >= 11 is 1.17. The van der Waals surface area contributed by atoms with Crippen LogP contribution >= 0.6 is 11.3 Å².